The average Bonchev–Trinajstić information content (AvgIpc) is 2.79. The summed E-state index contributed by atoms with van der Waals surface area (Å²) in [5.74, 6) is -2.13. The Kier molecular flexibility index (Phi) is 7.26. The number of anilines is 1. The molecule has 166 valence electrons. The Morgan fingerprint density at radius 1 is 1.12 bits per heavy atom. The number of benzene rings is 2. The molecule has 0 aliphatic carbocycles. The van der Waals surface area contributed by atoms with Crippen LogP contribution in [0, 0.1) is 0 Å². The van der Waals surface area contributed by atoms with Crippen molar-refractivity contribution in [2.24, 2.45) is 4.99 Å². The number of esters is 1. The Balaban J connectivity index is 1.77. The number of ether oxygens (including phenoxy) is 1. The lowest BCUT2D eigenvalue weighted by atomic mass is 10.2. The zero-order chi connectivity index (χ0) is 23.3. The van der Waals surface area contributed by atoms with Crippen molar-refractivity contribution in [3.05, 3.63) is 59.7 Å². The molecule has 10 heteroatoms. The molecule has 2 amide bonds. The number of aliphatic imine (C=N–C) groups is 1. The molecule has 1 fully saturated rings. The van der Waals surface area contributed by atoms with E-state index >= 15 is 0 Å². The zero-order valence-electron chi connectivity index (χ0n) is 17.4. The predicted octanol–water partition coefficient (Wildman–Crippen LogP) is 3.15. The van der Waals surface area contributed by atoms with Gasteiger partial charge in [-0.1, -0.05) is 11.8 Å². The van der Waals surface area contributed by atoms with Crippen molar-refractivity contribution in [2.45, 2.75) is 18.6 Å². The van der Waals surface area contributed by atoms with Crippen LogP contribution in [0.3, 0.4) is 0 Å². The SMILES string of the molecule is CCN1C(=O)C[C@@H](C(=O)Nc2ccc(C(=O)O)cc2)SC1=Nc1ccc(C(=O)OC)cc1. The molecule has 0 radical (unpaired) electrons. The van der Waals surface area contributed by atoms with Crippen molar-refractivity contribution in [3.63, 3.8) is 0 Å². The van der Waals surface area contributed by atoms with Crippen molar-refractivity contribution in [2.75, 3.05) is 19.0 Å². The number of rotatable bonds is 6. The van der Waals surface area contributed by atoms with Gasteiger partial charge in [-0.05, 0) is 55.5 Å². The number of carboxylic acid groups (broad SMARTS) is 1. The minimum atomic E-state index is -1.06. The zero-order valence-corrected chi connectivity index (χ0v) is 18.2. The Morgan fingerprint density at radius 3 is 2.31 bits per heavy atom. The maximum atomic E-state index is 12.8. The lowest BCUT2D eigenvalue weighted by Gasteiger charge is -2.30. The third kappa shape index (κ3) is 5.33. The largest absolute Gasteiger partial charge is 0.478 e. The summed E-state index contributed by atoms with van der Waals surface area (Å²) in [6.45, 7) is 2.22. The third-order valence-corrected chi connectivity index (χ3v) is 5.85. The number of aromatic carboxylic acids is 1. The third-order valence-electron chi connectivity index (χ3n) is 4.66. The van der Waals surface area contributed by atoms with E-state index in [1.807, 2.05) is 6.92 Å². The molecule has 0 aromatic heterocycles. The number of amidine groups is 1. The maximum Gasteiger partial charge on any atom is 0.337 e. The van der Waals surface area contributed by atoms with Crippen LogP contribution in [-0.4, -0.2) is 57.8 Å². The van der Waals surface area contributed by atoms with Crippen LogP contribution in [0.1, 0.15) is 34.1 Å². The van der Waals surface area contributed by atoms with Crippen molar-refractivity contribution in [1.29, 1.82) is 0 Å². The predicted molar refractivity (Wildman–Crippen MR) is 120 cm³/mol. The van der Waals surface area contributed by atoms with Crippen LogP contribution in [0.4, 0.5) is 11.4 Å². The van der Waals surface area contributed by atoms with Gasteiger partial charge in [-0.2, -0.15) is 0 Å². The van der Waals surface area contributed by atoms with Gasteiger partial charge in [0.2, 0.25) is 11.8 Å². The fourth-order valence-corrected chi connectivity index (χ4v) is 4.13. The molecule has 0 bridgehead atoms. The highest BCUT2D eigenvalue weighted by Crippen LogP contribution is 2.30. The monoisotopic (exact) mass is 455 g/mol. The summed E-state index contributed by atoms with van der Waals surface area (Å²) >= 11 is 1.17. The Morgan fingerprint density at radius 2 is 1.75 bits per heavy atom. The maximum absolute atomic E-state index is 12.8. The molecule has 1 saturated heterocycles. The number of nitrogens with one attached hydrogen (secondary N) is 1. The van der Waals surface area contributed by atoms with E-state index in [1.165, 1.54) is 48.0 Å². The van der Waals surface area contributed by atoms with Gasteiger partial charge < -0.3 is 15.2 Å². The quantitative estimate of drug-likeness (QED) is 0.641. The van der Waals surface area contributed by atoms with E-state index in [2.05, 4.69) is 15.0 Å². The molecule has 1 atom stereocenters. The summed E-state index contributed by atoms with van der Waals surface area (Å²) in [6, 6.07) is 12.2. The lowest BCUT2D eigenvalue weighted by molar-refractivity contribution is -0.129. The highest BCUT2D eigenvalue weighted by molar-refractivity contribution is 8.15. The van der Waals surface area contributed by atoms with E-state index in [1.54, 1.807) is 24.3 Å². The van der Waals surface area contributed by atoms with Gasteiger partial charge in [-0.25, -0.2) is 14.6 Å². The van der Waals surface area contributed by atoms with Gasteiger partial charge in [0.1, 0.15) is 5.25 Å². The number of hydrogen-bond donors (Lipinski definition) is 2. The van der Waals surface area contributed by atoms with Gasteiger partial charge in [-0.15, -0.1) is 0 Å². The molecular weight excluding hydrogens is 434 g/mol. The molecule has 0 unspecified atom stereocenters. The van der Waals surface area contributed by atoms with Crippen LogP contribution < -0.4 is 5.32 Å². The number of carbonyl (C=O) groups is 4. The molecule has 2 N–H and O–H groups in total. The Bertz CT molecular complexity index is 1070. The van der Waals surface area contributed by atoms with Crippen molar-refractivity contribution in [1.82, 2.24) is 4.90 Å². The van der Waals surface area contributed by atoms with Gasteiger partial charge in [0.05, 0.1) is 23.9 Å². The molecule has 0 spiro atoms. The number of carbonyl (C=O) groups excluding carboxylic acids is 3. The Hall–Kier alpha value is -3.66. The minimum Gasteiger partial charge on any atom is -0.478 e. The minimum absolute atomic E-state index is 0.0118. The second-order valence-corrected chi connectivity index (χ2v) is 7.92. The molecular formula is C22H21N3O6S. The van der Waals surface area contributed by atoms with Gasteiger partial charge in [0.25, 0.3) is 0 Å². The molecule has 2 aromatic carbocycles. The molecule has 9 nitrogen and oxygen atoms in total. The van der Waals surface area contributed by atoms with Crippen molar-refractivity contribution >= 4 is 52.1 Å². The topological polar surface area (TPSA) is 125 Å². The van der Waals surface area contributed by atoms with Crippen LogP contribution in [0.25, 0.3) is 0 Å². The van der Waals surface area contributed by atoms with Gasteiger partial charge in [-0.3, -0.25) is 14.5 Å². The number of thioether (sulfide) groups is 1. The summed E-state index contributed by atoms with van der Waals surface area (Å²) in [5, 5.41) is 11.4. The first-order valence-electron chi connectivity index (χ1n) is 9.70. The van der Waals surface area contributed by atoms with Crippen LogP contribution in [0.2, 0.25) is 0 Å². The first-order valence-corrected chi connectivity index (χ1v) is 10.6. The number of nitrogens with zero attached hydrogens (tertiary/aromatic N) is 2. The first kappa shape index (κ1) is 23.0. The van der Waals surface area contributed by atoms with Crippen molar-refractivity contribution < 1.29 is 29.0 Å². The second kappa shape index (κ2) is 10.1. The second-order valence-electron chi connectivity index (χ2n) is 6.75. The first-order chi connectivity index (χ1) is 15.3. The summed E-state index contributed by atoms with van der Waals surface area (Å²) in [7, 11) is 1.30. The average molecular weight is 455 g/mol. The van der Waals surface area contributed by atoms with E-state index in [9.17, 15) is 19.2 Å². The smallest absolute Gasteiger partial charge is 0.337 e. The van der Waals surface area contributed by atoms with Crippen LogP contribution in [0.5, 0.6) is 0 Å². The number of methoxy groups -OCH3 is 1. The number of amides is 2. The van der Waals surface area contributed by atoms with Gasteiger partial charge in [0, 0.05) is 18.7 Å². The van der Waals surface area contributed by atoms with Gasteiger partial charge >= 0.3 is 11.9 Å². The summed E-state index contributed by atoms with van der Waals surface area (Å²) in [4.78, 5) is 53.9. The van der Waals surface area contributed by atoms with Crippen LogP contribution in [0.15, 0.2) is 53.5 Å². The summed E-state index contributed by atoms with van der Waals surface area (Å²) in [5.41, 5.74) is 1.44. The van der Waals surface area contributed by atoms with E-state index < -0.39 is 17.2 Å². The molecule has 1 aliphatic rings. The highest BCUT2D eigenvalue weighted by Gasteiger charge is 2.35. The lowest BCUT2D eigenvalue weighted by Crippen LogP contribution is -2.45. The standard InChI is InChI=1S/C22H21N3O6S/c1-3-25-18(26)12-17(19(27)23-15-8-4-13(5-9-15)20(28)29)32-22(25)24-16-10-6-14(7-11-16)21(30)31-2/h4-11,17H,3,12H2,1-2H3,(H,23,27)(H,28,29)/t17-/m0/s1. The molecule has 0 saturated carbocycles. The van der Waals surface area contributed by atoms with Crippen molar-refractivity contribution in [3.8, 4) is 0 Å². The molecule has 1 heterocycles. The Labute approximate surface area is 188 Å². The van der Waals surface area contributed by atoms with Crippen LogP contribution in [-0.2, 0) is 14.3 Å². The van der Waals surface area contributed by atoms with E-state index in [4.69, 9.17) is 5.11 Å². The molecule has 1 aliphatic heterocycles. The molecule has 3 rings (SSSR count). The van der Waals surface area contributed by atoms with Gasteiger partial charge in [0.15, 0.2) is 5.17 Å². The van der Waals surface area contributed by atoms with E-state index in [0.717, 1.165) is 0 Å². The summed E-state index contributed by atoms with van der Waals surface area (Å²) < 4.78 is 4.68. The number of carboxylic acids is 1. The van der Waals surface area contributed by atoms with E-state index in [-0.39, 0.29) is 23.8 Å². The van der Waals surface area contributed by atoms with Crippen LogP contribution >= 0.6 is 11.8 Å². The van der Waals surface area contributed by atoms with E-state index in [0.29, 0.717) is 28.7 Å². The number of hydrogen-bond acceptors (Lipinski definition) is 7. The fourth-order valence-electron chi connectivity index (χ4n) is 2.97. The molecule has 2 aromatic rings. The normalized spacial score (nSPS) is 17.2. The highest BCUT2D eigenvalue weighted by atomic mass is 32.2. The summed E-state index contributed by atoms with van der Waals surface area (Å²) in [6.07, 6.45) is 0.0118. The fraction of sp³-hybridized carbons (Fsp3) is 0.227. The molecule has 32 heavy (non-hydrogen) atoms.